The van der Waals surface area contributed by atoms with Crippen molar-refractivity contribution in [3.05, 3.63) is 59.1 Å². The lowest BCUT2D eigenvalue weighted by Gasteiger charge is -2.06. The van der Waals surface area contributed by atoms with Gasteiger partial charge in [-0.25, -0.2) is 4.39 Å². The first-order valence-electron chi connectivity index (χ1n) is 5.83. The van der Waals surface area contributed by atoms with E-state index in [0.717, 1.165) is 6.07 Å². The molecule has 0 bridgehead atoms. The first kappa shape index (κ1) is 15.1. The number of benzene rings is 1. The summed E-state index contributed by atoms with van der Waals surface area (Å²) in [7, 11) is 0. The summed E-state index contributed by atoms with van der Waals surface area (Å²) >= 11 is 5.79. The maximum absolute atomic E-state index is 12.8. The Morgan fingerprint density at radius 3 is 2.63 bits per heavy atom. The zero-order chi connectivity index (χ0) is 14.3. The van der Waals surface area contributed by atoms with E-state index in [4.69, 9.17) is 11.6 Å². The van der Waals surface area contributed by atoms with Crippen LogP contribution in [0.25, 0.3) is 0 Å². The van der Waals surface area contributed by atoms with Gasteiger partial charge in [-0.05, 0) is 30.3 Å². The molecule has 2 aromatic rings. The van der Waals surface area contributed by atoms with Crippen molar-refractivity contribution in [2.24, 2.45) is 0 Å². The molecule has 0 radical (unpaired) electrons. The zero-order valence-electron chi connectivity index (χ0n) is 10.7. The van der Waals surface area contributed by atoms with Crippen LogP contribution in [0.15, 0.2) is 42.7 Å². The number of halogens is 2. The van der Waals surface area contributed by atoms with Crippen LogP contribution in [-0.4, -0.2) is 10.9 Å². The van der Waals surface area contributed by atoms with Crippen LogP contribution in [0, 0.1) is 5.82 Å². The van der Waals surface area contributed by atoms with Crippen molar-refractivity contribution >= 4 is 23.2 Å². The maximum Gasteiger partial charge on any atom is 0.257 e. The summed E-state index contributed by atoms with van der Waals surface area (Å²) in [5, 5.41) is 2.73. The predicted molar refractivity (Wildman–Crippen MR) is 74.9 cm³/mol. The van der Waals surface area contributed by atoms with Crippen LogP contribution in [0.5, 0.6) is 0 Å². The van der Waals surface area contributed by atoms with E-state index in [-0.39, 0.29) is 10.9 Å². The van der Waals surface area contributed by atoms with E-state index in [1.54, 1.807) is 18.3 Å². The second-order valence-corrected chi connectivity index (χ2v) is 3.73. The Hall–Kier alpha value is -1.94. The average molecular weight is 281 g/mol. The number of pyridine rings is 1. The highest BCUT2D eigenvalue weighted by Crippen LogP contribution is 2.22. The van der Waals surface area contributed by atoms with Crippen molar-refractivity contribution in [2.45, 2.75) is 13.8 Å². The van der Waals surface area contributed by atoms with Crippen LogP contribution in [-0.2, 0) is 0 Å². The van der Waals surface area contributed by atoms with Crippen molar-refractivity contribution in [1.82, 2.24) is 4.98 Å². The monoisotopic (exact) mass is 280 g/mol. The summed E-state index contributed by atoms with van der Waals surface area (Å²) in [4.78, 5) is 15.6. The Morgan fingerprint density at radius 2 is 2.05 bits per heavy atom. The highest BCUT2D eigenvalue weighted by atomic mass is 35.5. The Kier molecular flexibility index (Phi) is 5.96. The van der Waals surface area contributed by atoms with Gasteiger partial charge in [0, 0.05) is 12.4 Å². The van der Waals surface area contributed by atoms with Crippen molar-refractivity contribution in [3.63, 3.8) is 0 Å². The summed E-state index contributed by atoms with van der Waals surface area (Å²) in [6.45, 7) is 4.00. The molecule has 2 rings (SSSR count). The summed E-state index contributed by atoms with van der Waals surface area (Å²) < 4.78 is 12.8. The molecule has 0 aliphatic rings. The minimum atomic E-state index is -0.450. The van der Waals surface area contributed by atoms with Crippen molar-refractivity contribution in [3.8, 4) is 0 Å². The minimum Gasteiger partial charge on any atom is -0.321 e. The quantitative estimate of drug-likeness (QED) is 0.898. The molecule has 0 aliphatic carbocycles. The van der Waals surface area contributed by atoms with Crippen LogP contribution in [0.4, 0.5) is 10.1 Å². The molecule has 5 heteroatoms. The molecule has 0 spiro atoms. The van der Waals surface area contributed by atoms with Gasteiger partial charge in [-0.15, -0.1) is 0 Å². The highest BCUT2D eigenvalue weighted by Gasteiger charge is 2.08. The second kappa shape index (κ2) is 7.48. The Balaban J connectivity index is 0.000000861. The van der Waals surface area contributed by atoms with Gasteiger partial charge in [-0.3, -0.25) is 9.78 Å². The topological polar surface area (TPSA) is 42.0 Å². The van der Waals surface area contributed by atoms with Crippen molar-refractivity contribution in [1.29, 1.82) is 0 Å². The molecule has 3 nitrogen and oxygen atoms in total. The van der Waals surface area contributed by atoms with Gasteiger partial charge in [0.15, 0.2) is 0 Å². The van der Waals surface area contributed by atoms with Crippen molar-refractivity contribution in [2.75, 3.05) is 5.32 Å². The van der Waals surface area contributed by atoms with E-state index in [1.807, 2.05) is 13.8 Å². The SMILES string of the molecule is CC.O=C(Nc1ccc(F)cc1Cl)c1cccnc1. The van der Waals surface area contributed by atoms with Gasteiger partial charge in [0.1, 0.15) is 5.82 Å². The van der Waals surface area contributed by atoms with E-state index in [2.05, 4.69) is 10.3 Å². The predicted octanol–water partition coefficient (Wildman–Crippen LogP) is 4.15. The summed E-state index contributed by atoms with van der Waals surface area (Å²) in [6, 6.07) is 7.05. The molecule has 0 fully saturated rings. The number of nitrogens with zero attached hydrogens (tertiary/aromatic N) is 1. The summed E-state index contributed by atoms with van der Waals surface area (Å²) in [5.74, 6) is -0.791. The standard InChI is InChI=1S/C12H8ClFN2O.C2H6/c13-10-6-9(14)3-4-11(10)16-12(17)8-2-1-5-15-7-8;1-2/h1-7H,(H,16,17);1-2H3. The van der Waals surface area contributed by atoms with E-state index >= 15 is 0 Å². The zero-order valence-corrected chi connectivity index (χ0v) is 11.4. The molecule has 1 amide bonds. The molecule has 0 unspecified atom stereocenters. The number of nitrogens with one attached hydrogen (secondary N) is 1. The third-order valence-corrected chi connectivity index (χ3v) is 2.42. The first-order valence-corrected chi connectivity index (χ1v) is 6.21. The van der Waals surface area contributed by atoms with Crippen LogP contribution < -0.4 is 5.32 Å². The van der Waals surface area contributed by atoms with E-state index < -0.39 is 5.82 Å². The van der Waals surface area contributed by atoms with Crippen LogP contribution in [0.3, 0.4) is 0 Å². The Morgan fingerprint density at radius 1 is 1.32 bits per heavy atom. The molecule has 0 aliphatic heterocycles. The highest BCUT2D eigenvalue weighted by molar-refractivity contribution is 6.33. The number of carbonyl (C=O) groups is 1. The molecule has 1 aromatic carbocycles. The molecule has 0 saturated heterocycles. The van der Waals surface area contributed by atoms with Gasteiger partial charge in [0.2, 0.25) is 0 Å². The second-order valence-electron chi connectivity index (χ2n) is 3.32. The maximum atomic E-state index is 12.8. The number of hydrogen-bond acceptors (Lipinski definition) is 2. The molecule has 0 atom stereocenters. The van der Waals surface area contributed by atoms with Gasteiger partial charge in [-0.1, -0.05) is 25.4 Å². The van der Waals surface area contributed by atoms with Crippen LogP contribution in [0.1, 0.15) is 24.2 Å². The Bertz CT molecular complexity index is 546. The number of anilines is 1. The van der Waals surface area contributed by atoms with Gasteiger partial charge in [0.25, 0.3) is 5.91 Å². The van der Waals surface area contributed by atoms with Crippen LogP contribution >= 0.6 is 11.6 Å². The minimum absolute atomic E-state index is 0.155. The van der Waals surface area contributed by atoms with Crippen LogP contribution in [0.2, 0.25) is 5.02 Å². The molecule has 100 valence electrons. The number of aromatic nitrogens is 1. The largest absolute Gasteiger partial charge is 0.321 e. The normalized spacial score (nSPS) is 9.26. The lowest BCUT2D eigenvalue weighted by atomic mass is 10.2. The third-order valence-electron chi connectivity index (χ3n) is 2.10. The van der Waals surface area contributed by atoms with Crippen molar-refractivity contribution < 1.29 is 9.18 Å². The van der Waals surface area contributed by atoms with Gasteiger partial charge < -0.3 is 5.32 Å². The first-order chi connectivity index (χ1) is 9.16. The smallest absolute Gasteiger partial charge is 0.257 e. The molecule has 1 N–H and O–H groups in total. The fourth-order valence-electron chi connectivity index (χ4n) is 1.28. The number of rotatable bonds is 2. The van der Waals surface area contributed by atoms with Gasteiger partial charge >= 0.3 is 0 Å². The van der Waals surface area contributed by atoms with E-state index in [0.29, 0.717) is 11.3 Å². The van der Waals surface area contributed by atoms with Gasteiger partial charge in [-0.2, -0.15) is 0 Å². The third kappa shape index (κ3) is 4.34. The molecular formula is C14H14ClFN2O. The fraction of sp³-hybridized carbons (Fsp3) is 0.143. The van der Waals surface area contributed by atoms with E-state index in [1.165, 1.54) is 18.3 Å². The molecule has 1 aromatic heterocycles. The summed E-state index contributed by atoms with van der Waals surface area (Å²) in [6.07, 6.45) is 3.01. The molecule has 1 heterocycles. The Labute approximate surface area is 116 Å². The number of amides is 1. The summed E-state index contributed by atoms with van der Waals surface area (Å²) in [5.41, 5.74) is 0.773. The molecule has 19 heavy (non-hydrogen) atoms. The number of hydrogen-bond donors (Lipinski definition) is 1. The lowest BCUT2D eigenvalue weighted by molar-refractivity contribution is 0.102. The average Bonchev–Trinajstić information content (AvgIpc) is 2.45. The number of carbonyl (C=O) groups excluding carboxylic acids is 1. The lowest BCUT2D eigenvalue weighted by Crippen LogP contribution is -2.12. The van der Waals surface area contributed by atoms with E-state index in [9.17, 15) is 9.18 Å². The fourth-order valence-corrected chi connectivity index (χ4v) is 1.50. The molecule has 0 saturated carbocycles. The van der Waals surface area contributed by atoms with Gasteiger partial charge in [0.05, 0.1) is 16.3 Å². The molecular weight excluding hydrogens is 267 g/mol.